The summed E-state index contributed by atoms with van der Waals surface area (Å²) in [6.45, 7) is 4.38. The Kier molecular flexibility index (Phi) is 5.69. The zero-order valence-corrected chi connectivity index (χ0v) is 15.2. The second kappa shape index (κ2) is 7.40. The number of aliphatic carboxylic acids is 1. The maximum Gasteiger partial charge on any atom is 0.321 e. The molecule has 2 rings (SSSR count). The van der Waals surface area contributed by atoms with E-state index in [2.05, 4.69) is 5.32 Å². The zero-order valence-electron chi connectivity index (χ0n) is 14.4. The third-order valence-electron chi connectivity index (χ3n) is 3.97. The number of hydrogen-bond acceptors (Lipinski definition) is 5. The monoisotopic (exact) mass is 370 g/mol. The Bertz CT molecular complexity index is 777. The molecule has 1 heterocycles. The van der Waals surface area contributed by atoms with Crippen LogP contribution in [0.5, 0.6) is 5.75 Å². The number of fused-ring (bicyclic) bond motifs is 1. The van der Waals surface area contributed by atoms with E-state index in [0.29, 0.717) is 12.2 Å². The third-order valence-corrected chi connectivity index (χ3v) is 5.94. The minimum absolute atomic E-state index is 0.0138. The topological polar surface area (TPSA) is 113 Å². The van der Waals surface area contributed by atoms with Crippen molar-refractivity contribution in [1.82, 2.24) is 9.62 Å². The number of hydrogen-bond donors (Lipinski definition) is 2. The van der Waals surface area contributed by atoms with Crippen molar-refractivity contribution in [3.8, 4) is 5.75 Å². The number of rotatable bonds is 7. The minimum Gasteiger partial charge on any atom is -0.490 e. The second-order valence-electron chi connectivity index (χ2n) is 6.02. The lowest BCUT2D eigenvalue weighted by Crippen LogP contribution is -2.46. The van der Waals surface area contributed by atoms with Crippen molar-refractivity contribution in [2.45, 2.75) is 44.2 Å². The van der Waals surface area contributed by atoms with Crippen LogP contribution in [0.15, 0.2) is 23.1 Å². The number of nitrogens with zero attached hydrogens (tertiary/aromatic N) is 1. The van der Waals surface area contributed by atoms with Crippen LogP contribution in [0.1, 0.15) is 26.3 Å². The number of sulfonamides is 1. The normalized spacial score (nSPS) is 17.7. The number of benzene rings is 1. The SMILES string of the molecule is CC(=O)NCCN(C(C)C(=O)O)S(=O)(=O)c1ccc2c(c1)CC(C)O2. The van der Waals surface area contributed by atoms with Gasteiger partial charge in [0, 0.05) is 26.4 Å². The highest BCUT2D eigenvalue weighted by Crippen LogP contribution is 2.31. The molecule has 1 amide bonds. The van der Waals surface area contributed by atoms with E-state index in [1.165, 1.54) is 26.0 Å². The molecule has 1 aromatic carbocycles. The van der Waals surface area contributed by atoms with Crippen LogP contribution in [0.4, 0.5) is 0 Å². The average Bonchev–Trinajstić information content (AvgIpc) is 2.89. The zero-order chi connectivity index (χ0) is 18.8. The van der Waals surface area contributed by atoms with E-state index in [1.54, 1.807) is 6.07 Å². The van der Waals surface area contributed by atoms with E-state index in [1.807, 2.05) is 6.92 Å². The molecule has 25 heavy (non-hydrogen) atoms. The number of carboxylic acid groups (broad SMARTS) is 1. The molecular formula is C16H22N2O6S. The lowest BCUT2D eigenvalue weighted by molar-refractivity contribution is -0.140. The molecule has 2 N–H and O–H groups in total. The first kappa shape index (κ1) is 19.2. The number of amides is 1. The Balaban J connectivity index is 2.32. The number of carbonyl (C=O) groups is 2. The van der Waals surface area contributed by atoms with Crippen LogP contribution in [-0.2, 0) is 26.0 Å². The van der Waals surface area contributed by atoms with Crippen molar-refractivity contribution in [2.24, 2.45) is 0 Å². The molecule has 1 aliphatic rings. The van der Waals surface area contributed by atoms with Gasteiger partial charge in [-0.3, -0.25) is 9.59 Å². The van der Waals surface area contributed by atoms with Crippen LogP contribution in [-0.4, -0.2) is 54.9 Å². The Morgan fingerprint density at radius 1 is 1.44 bits per heavy atom. The maximum absolute atomic E-state index is 12.9. The largest absolute Gasteiger partial charge is 0.490 e. The van der Waals surface area contributed by atoms with Crippen molar-refractivity contribution >= 4 is 21.9 Å². The summed E-state index contributed by atoms with van der Waals surface area (Å²) in [5, 5.41) is 11.7. The van der Waals surface area contributed by atoms with Crippen LogP contribution in [0, 0.1) is 0 Å². The number of carboxylic acids is 1. The summed E-state index contributed by atoms with van der Waals surface area (Å²) in [5.41, 5.74) is 0.776. The first-order valence-corrected chi connectivity index (χ1v) is 9.35. The number of nitrogens with one attached hydrogen (secondary N) is 1. The van der Waals surface area contributed by atoms with Crippen molar-refractivity contribution in [2.75, 3.05) is 13.1 Å². The van der Waals surface area contributed by atoms with Crippen LogP contribution in [0.25, 0.3) is 0 Å². The lowest BCUT2D eigenvalue weighted by atomic mass is 10.1. The molecule has 138 valence electrons. The molecule has 9 heteroatoms. The summed E-state index contributed by atoms with van der Waals surface area (Å²) in [4.78, 5) is 22.3. The highest BCUT2D eigenvalue weighted by molar-refractivity contribution is 7.89. The quantitative estimate of drug-likeness (QED) is 0.727. The standard InChI is InChI=1S/C16H22N2O6S/c1-10-8-13-9-14(4-5-15(13)24-10)25(22,23)18(11(2)16(20)21)7-6-17-12(3)19/h4-5,9-11H,6-8H2,1-3H3,(H,17,19)(H,20,21). The second-order valence-corrected chi connectivity index (χ2v) is 7.91. The molecule has 0 spiro atoms. The van der Waals surface area contributed by atoms with E-state index in [4.69, 9.17) is 4.74 Å². The summed E-state index contributed by atoms with van der Waals surface area (Å²) >= 11 is 0. The number of ether oxygens (including phenoxy) is 1. The summed E-state index contributed by atoms with van der Waals surface area (Å²) < 4.78 is 32.3. The molecule has 8 nitrogen and oxygen atoms in total. The van der Waals surface area contributed by atoms with Crippen LogP contribution in [0.3, 0.4) is 0 Å². The molecule has 0 radical (unpaired) electrons. The summed E-state index contributed by atoms with van der Waals surface area (Å²) in [7, 11) is -4.04. The molecule has 0 aromatic heterocycles. The summed E-state index contributed by atoms with van der Waals surface area (Å²) in [5.74, 6) is -0.934. The Labute approximate surface area is 146 Å². The molecule has 2 unspecified atom stereocenters. The summed E-state index contributed by atoms with van der Waals surface area (Å²) in [6.07, 6.45) is 0.570. The molecule has 0 saturated carbocycles. The van der Waals surface area contributed by atoms with Gasteiger partial charge in [0.15, 0.2) is 0 Å². The molecule has 0 bridgehead atoms. The van der Waals surface area contributed by atoms with E-state index < -0.39 is 22.0 Å². The number of carbonyl (C=O) groups excluding carboxylic acids is 1. The van der Waals surface area contributed by atoms with Gasteiger partial charge in [0.1, 0.15) is 17.9 Å². The van der Waals surface area contributed by atoms with Gasteiger partial charge in [-0.2, -0.15) is 4.31 Å². The fraction of sp³-hybridized carbons (Fsp3) is 0.500. The van der Waals surface area contributed by atoms with Gasteiger partial charge in [0.2, 0.25) is 15.9 Å². The molecular weight excluding hydrogens is 348 g/mol. The van der Waals surface area contributed by atoms with Gasteiger partial charge in [-0.1, -0.05) is 0 Å². The van der Waals surface area contributed by atoms with Crippen molar-refractivity contribution < 1.29 is 27.9 Å². The Morgan fingerprint density at radius 3 is 2.72 bits per heavy atom. The fourth-order valence-electron chi connectivity index (χ4n) is 2.68. The Hall–Kier alpha value is -2.13. The van der Waals surface area contributed by atoms with Crippen molar-refractivity contribution in [3.05, 3.63) is 23.8 Å². The smallest absolute Gasteiger partial charge is 0.321 e. The molecule has 0 aliphatic carbocycles. The first-order chi connectivity index (χ1) is 11.6. The predicted octanol–water partition coefficient (Wildman–Crippen LogP) is 0.610. The highest BCUT2D eigenvalue weighted by Gasteiger charge is 2.33. The fourth-order valence-corrected chi connectivity index (χ4v) is 4.32. The molecule has 0 saturated heterocycles. The van der Waals surface area contributed by atoms with Crippen LogP contribution < -0.4 is 10.1 Å². The van der Waals surface area contributed by atoms with Crippen LogP contribution >= 0.6 is 0 Å². The third kappa shape index (κ3) is 4.29. The lowest BCUT2D eigenvalue weighted by Gasteiger charge is -2.26. The molecule has 0 fully saturated rings. The van der Waals surface area contributed by atoms with Gasteiger partial charge >= 0.3 is 5.97 Å². The van der Waals surface area contributed by atoms with E-state index >= 15 is 0 Å². The van der Waals surface area contributed by atoms with E-state index in [0.717, 1.165) is 9.87 Å². The first-order valence-electron chi connectivity index (χ1n) is 7.91. The van der Waals surface area contributed by atoms with Gasteiger partial charge in [-0.25, -0.2) is 8.42 Å². The van der Waals surface area contributed by atoms with Crippen LogP contribution in [0.2, 0.25) is 0 Å². The van der Waals surface area contributed by atoms with Gasteiger partial charge in [0.25, 0.3) is 0 Å². The highest BCUT2D eigenvalue weighted by atomic mass is 32.2. The average molecular weight is 370 g/mol. The van der Waals surface area contributed by atoms with Crippen molar-refractivity contribution in [1.29, 1.82) is 0 Å². The van der Waals surface area contributed by atoms with Gasteiger partial charge in [0.05, 0.1) is 4.90 Å². The molecule has 1 aliphatic heterocycles. The summed E-state index contributed by atoms with van der Waals surface area (Å²) in [6, 6.07) is 3.26. The van der Waals surface area contributed by atoms with Gasteiger partial charge in [-0.05, 0) is 37.6 Å². The van der Waals surface area contributed by atoms with Crippen molar-refractivity contribution in [3.63, 3.8) is 0 Å². The van der Waals surface area contributed by atoms with Gasteiger partial charge < -0.3 is 15.2 Å². The van der Waals surface area contributed by atoms with E-state index in [-0.39, 0.29) is 30.0 Å². The predicted molar refractivity (Wildman–Crippen MR) is 89.9 cm³/mol. The molecule has 2 atom stereocenters. The molecule has 1 aromatic rings. The maximum atomic E-state index is 12.9. The Morgan fingerprint density at radius 2 is 2.12 bits per heavy atom. The van der Waals surface area contributed by atoms with Gasteiger partial charge in [-0.15, -0.1) is 0 Å². The minimum atomic E-state index is -4.04. The van der Waals surface area contributed by atoms with E-state index in [9.17, 15) is 23.1 Å².